The number of ketones is 1. The van der Waals surface area contributed by atoms with Gasteiger partial charge in [-0.05, 0) is 60.2 Å². The van der Waals surface area contributed by atoms with Crippen LogP contribution in [-0.4, -0.2) is 45.3 Å². The molecule has 0 fully saturated rings. The van der Waals surface area contributed by atoms with Crippen LogP contribution < -0.4 is 9.64 Å². The van der Waals surface area contributed by atoms with Crippen LogP contribution in [0.2, 0.25) is 0 Å². The third-order valence-electron chi connectivity index (χ3n) is 7.98. The molecule has 5 rings (SSSR count). The Morgan fingerprint density at radius 1 is 0.925 bits per heavy atom. The van der Waals surface area contributed by atoms with Crippen molar-refractivity contribution in [1.29, 1.82) is 0 Å². The molecule has 0 N–H and O–H groups in total. The number of Topliss-reactive ketones (excluding diaryl/α,β-unsaturated/α-hetero) is 1. The Kier molecular flexibility index (Phi) is 8.15. The average molecular weight is 537 g/mol. The van der Waals surface area contributed by atoms with Gasteiger partial charge in [0.1, 0.15) is 11.7 Å². The molecule has 3 aromatic rings. The van der Waals surface area contributed by atoms with Crippen molar-refractivity contribution in [2.24, 2.45) is 10.9 Å². The first kappa shape index (κ1) is 27.4. The molecule has 3 aromatic carbocycles. The summed E-state index contributed by atoms with van der Waals surface area (Å²) < 4.78 is 11.1. The summed E-state index contributed by atoms with van der Waals surface area (Å²) in [6.45, 7) is 2.16. The van der Waals surface area contributed by atoms with Gasteiger partial charge in [0.2, 0.25) is 0 Å². The molecule has 1 heterocycles. The van der Waals surface area contributed by atoms with E-state index in [4.69, 9.17) is 14.5 Å². The predicted octanol–water partition coefficient (Wildman–Crippen LogP) is 6.12. The van der Waals surface area contributed by atoms with Gasteiger partial charge in [-0.15, -0.1) is 0 Å². The Morgan fingerprint density at radius 3 is 2.25 bits per heavy atom. The molecule has 0 bridgehead atoms. The van der Waals surface area contributed by atoms with Crippen LogP contribution in [0.5, 0.6) is 5.75 Å². The molecule has 1 unspecified atom stereocenters. The molecular weight excluding hydrogens is 500 g/mol. The number of hydrogen-bond acceptors (Lipinski definition) is 6. The summed E-state index contributed by atoms with van der Waals surface area (Å²) in [4.78, 5) is 34.4. The van der Waals surface area contributed by atoms with Crippen molar-refractivity contribution in [3.8, 4) is 5.75 Å². The second-order valence-electron chi connectivity index (χ2n) is 10.8. The molecule has 206 valence electrons. The summed E-state index contributed by atoms with van der Waals surface area (Å²) in [6.07, 6.45) is 1.66. The highest BCUT2D eigenvalue weighted by Crippen LogP contribution is 2.47. The summed E-state index contributed by atoms with van der Waals surface area (Å²) in [6, 6.07) is 26.0. The molecule has 0 saturated heterocycles. The highest BCUT2D eigenvalue weighted by Gasteiger charge is 2.44. The first-order chi connectivity index (χ1) is 19.4. The second-order valence-corrected chi connectivity index (χ2v) is 10.8. The van der Waals surface area contributed by atoms with Crippen molar-refractivity contribution >= 4 is 23.2 Å². The van der Waals surface area contributed by atoms with Gasteiger partial charge >= 0.3 is 5.97 Å². The monoisotopic (exact) mass is 536 g/mol. The van der Waals surface area contributed by atoms with Gasteiger partial charge in [-0.1, -0.05) is 54.6 Å². The third-order valence-corrected chi connectivity index (χ3v) is 7.98. The van der Waals surface area contributed by atoms with E-state index in [1.54, 1.807) is 7.11 Å². The number of methoxy groups -OCH3 is 1. The number of carbonyl (C=O) groups excluding carboxylic acids is 2. The number of benzene rings is 3. The number of ether oxygens (including phenoxy) is 2. The van der Waals surface area contributed by atoms with E-state index in [1.165, 1.54) is 0 Å². The normalized spacial score (nSPS) is 20.4. The fraction of sp³-hybridized carbons (Fsp3) is 0.324. The number of allylic oxidation sites excluding steroid dienone is 2. The number of carbonyl (C=O) groups is 2. The summed E-state index contributed by atoms with van der Waals surface area (Å²) in [5.74, 6) is -0.567. The van der Waals surface area contributed by atoms with Gasteiger partial charge in [-0.2, -0.15) is 0 Å². The SMILES string of the molecule is COc1ccc([C@@H]2CC(=O)C3=C(C2)N=C(C)C(C(=O)OCCc2ccccc2)[C@@H]3c2ccc(N(C)C)cc2)cc1. The van der Waals surface area contributed by atoms with E-state index < -0.39 is 11.8 Å². The van der Waals surface area contributed by atoms with Gasteiger partial charge in [-0.3, -0.25) is 14.6 Å². The van der Waals surface area contributed by atoms with Crippen LogP contribution in [0.15, 0.2) is 95.1 Å². The lowest BCUT2D eigenvalue weighted by atomic mass is 9.69. The molecular formula is C34H36N2O4. The number of rotatable bonds is 8. The van der Waals surface area contributed by atoms with Crippen LogP contribution in [0.4, 0.5) is 5.69 Å². The molecule has 0 aromatic heterocycles. The minimum Gasteiger partial charge on any atom is -0.497 e. The first-order valence-corrected chi connectivity index (χ1v) is 13.8. The molecule has 2 aliphatic rings. The minimum atomic E-state index is -0.652. The van der Waals surface area contributed by atoms with Gasteiger partial charge in [-0.25, -0.2) is 0 Å². The van der Waals surface area contributed by atoms with Crippen LogP contribution in [0.25, 0.3) is 0 Å². The Labute approximate surface area is 236 Å². The maximum absolute atomic E-state index is 13.9. The van der Waals surface area contributed by atoms with Crippen molar-refractivity contribution in [2.45, 2.75) is 38.0 Å². The third kappa shape index (κ3) is 5.71. The minimum absolute atomic E-state index is 0.0276. The lowest BCUT2D eigenvalue weighted by Crippen LogP contribution is -2.38. The smallest absolute Gasteiger partial charge is 0.315 e. The fourth-order valence-electron chi connectivity index (χ4n) is 5.82. The number of aliphatic imine (C=N–C) groups is 1. The zero-order valence-electron chi connectivity index (χ0n) is 23.6. The topological polar surface area (TPSA) is 68.2 Å². The largest absolute Gasteiger partial charge is 0.497 e. The maximum Gasteiger partial charge on any atom is 0.315 e. The highest BCUT2D eigenvalue weighted by molar-refractivity contribution is 6.09. The van der Waals surface area contributed by atoms with Gasteiger partial charge in [0.15, 0.2) is 5.78 Å². The molecule has 0 spiro atoms. The van der Waals surface area contributed by atoms with E-state index in [-0.39, 0.29) is 24.3 Å². The van der Waals surface area contributed by atoms with Gasteiger partial charge < -0.3 is 14.4 Å². The van der Waals surface area contributed by atoms with Crippen LogP contribution in [0.1, 0.15) is 48.3 Å². The zero-order valence-corrected chi connectivity index (χ0v) is 23.6. The summed E-state index contributed by atoms with van der Waals surface area (Å²) in [5.41, 5.74) is 6.29. The molecule has 0 saturated carbocycles. The van der Waals surface area contributed by atoms with Crippen LogP contribution in [0, 0.1) is 5.92 Å². The van der Waals surface area contributed by atoms with Gasteiger partial charge in [0.05, 0.1) is 13.7 Å². The molecule has 3 atom stereocenters. The Hall–Kier alpha value is -4.19. The van der Waals surface area contributed by atoms with E-state index in [1.807, 2.05) is 105 Å². The Morgan fingerprint density at radius 2 is 1.60 bits per heavy atom. The summed E-state index contributed by atoms with van der Waals surface area (Å²) >= 11 is 0. The quantitative estimate of drug-likeness (QED) is 0.325. The molecule has 6 nitrogen and oxygen atoms in total. The van der Waals surface area contributed by atoms with E-state index in [9.17, 15) is 9.59 Å². The molecule has 0 radical (unpaired) electrons. The lowest BCUT2D eigenvalue weighted by molar-refractivity contribution is -0.146. The van der Waals surface area contributed by atoms with Gasteiger partial charge in [0, 0.05) is 55.5 Å². The van der Waals surface area contributed by atoms with Crippen LogP contribution >= 0.6 is 0 Å². The number of nitrogens with zero attached hydrogens (tertiary/aromatic N) is 2. The molecule has 6 heteroatoms. The zero-order chi connectivity index (χ0) is 28.2. The van der Waals surface area contributed by atoms with Gasteiger partial charge in [0.25, 0.3) is 0 Å². The number of hydrogen-bond donors (Lipinski definition) is 0. The van der Waals surface area contributed by atoms with Crippen molar-refractivity contribution in [1.82, 2.24) is 0 Å². The number of esters is 1. The summed E-state index contributed by atoms with van der Waals surface area (Å²) in [7, 11) is 5.62. The number of anilines is 1. The second kappa shape index (κ2) is 11.9. The Bertz CT molecular complexity index is 1420. The fourth-order valence-corrected chi connectivity index (χ4v) is 5.82. The van der Waals surface area contributed by atoms with Crippen LogP contribution in [-0.2, 0) is 20.7 Å². The highest BCUT2D eigenvalue weighted by atomic mass is 16.5. The molecule has 1 aliphatic carbocycles. The summed E-state index contributed by atoms with van der Waals surface area (Å²) in [5, 5.41) is 0. The molecule has 1 aliphatic heterocycles. The molecule has 0 amide bonds. The van der Waals surface area contributed by atoms with E-state index in [0.29, 0.717) is 30.5 Å². The first-order valence-electron chi connectivity index (χ1n) is 13.8. The molecule has 40 heavy (non-hydrogen) atoms. The van der Waals surface area contributed by atoms with E-state index >= 15 is 0 Å². The van der Waals surface area contributed by atoms with E-state index in [2.05, 4.69) is 0 Å². The van der Waals surface area contributed by atoms with Crippen molar-refractivity contribution in [2.75, 3.05) is 32.7 Å². The lowest BCUT2D eigenvalue weighted by Gasteiger charge is -2.36. The maximum atomic E-state index is 13.9. The average Bonchev–Trinajstić information content (AvgIpc) is 2.97. The predicted molar refractivity (Wildman–Crippen MR) is 158 cm³/mol. The standard InChI is InChI=1S/C34H36N2O4/c1-22-31(34(38)40-19-18-23-8-6-5-7-9-23)32(25-10-14-27(15-11-25)36(2)3)33-29(35-22)20-26(21-30(33)37)24-12-16-28(39-4)17-13-24/h5-17,26,31-32H,18-21H2,1-4H3/t26-,31?,32-/m0/s1. The van der Waals surface area contributed by atoms with Crippen molar-refractivity contribution in [3.63, 3.8) is 0 Å². The van der Waals surface area contributed by atoms with E-state index in [0.717, 1.165) is 33.8 Å². The van der Waals surface area contributed by atoms with Crippen LogP contribution in [0.3, 0.4) is 0 Å². The van der Waals surface area contributed by atoms with Crippen molar-refractivity contribution < 1.29 is 19.1 Å². The Balaban J connectivity index is 1.46. The van der Waals surface area contributed by atoms with Crippen molar-refractivity contribution in [3.05, 3.63) is 107 Å².